The minimum Gasteiger partial charge on any atom is -0.445 e. The van der Waals surface area contributed by atoms with Gasteiger partial charge < -0.3 is 17.5 Å². The van der Waals surface area contributed by atoms with Crippen LogP contribution in [0.5, 0.6) is 0 Å². The SMILES string of the molecule is C=C(Cn1cnc2ccccc21)[B-](F)(F)F. The van der Waals surface area contributed by atoms with Crippen molar-refractivity contribution >= 4 is 18.0 Å². The summed E-state index contributed by atoms with van der Waals surface area (Å²) >= 11 is 0. The fraction of sp³-hybridized carbons (Fsp3) is 0.100. The number of benzene rings is 1. The highest BCUT2D eigenvalue weighted by atomic mass is 19.4. The first-order chi connectivity index (χ1) is 7.48. The van der Waals surface area contributed by atoms with Gasteiger partial charge in [0.2, 0.25) is 0 Å². The molecule has 84 valence electrons. The van der Waals surface area contributed by atoms with Crippen molar-refractivity contribution in [3.8, 4) is 0 Å². The number of fused-ring (bicyclic) bond motifs is 1. The van der Waals surface area contributed by atoms with Crippen LogP contribution in [0.2, 0.25) is 0 Å². The number of nitrogens with zero attached hydrogens (tertiary/aromatic N) is 2. The molecule has 2 aromatic rings. The molecule has 0 unspecified atom stereocenters. The number of para-hydroxylation sites is 2. The maximum absolute atomic E-state index is 12.4. The van der Waals surface area contributed by atoms with Crippen molar-refractivity contribution in [3.63, 3.8) is 0 Å². The number of halogens is 3. The lowest BCUT2D eigenvalue weighted by Gasteiger charge is -2.18. The predicted molar refractivity (Wildman–Crippen MR) is 58.0 cm³/mol. The zero-order chi connectivity index (χ0) is 11.8. The van der Waals surface area contributed by atoms with E-state index in [0.29, 0.717) is 11.0 Å². The summed E-state index contributed by atoms with van der Waals surface area (Å²) in [6.45, 7) is -2.18. The van der Waals surface area contributed by atoms with Crippen molar-refractivity contribution in [3.05, 3.63) is 42.6 Å². The number of allylic oxidation sites excluding steroid dienone is 1. The lowest BCUT2D eigenvalue weighted by molar-refractivity contribution is 0.483. The van der Waals surface area contributed by atoms with E-state index in [1.165, 1.54) is 10.9 Å². The molecule has 0 saturated carbocycles. The Kier molecular flexibility index (Phi) is 2.49. The lowest BCUT2D eigenvalue weighted by atomic mass is 9.80. The number of rotatable bonds is 3. The summed E-state index contributed by atoms with van der Waals surface area (Å²) in [6, 6.07) is 7.05. The average Bonchev–Trinajstić information content (AvgIpc) is 2.61. The largest absolute Gasteiger partial charge is 0.506 e. The Morgan fingerprint density at radius 3 is 2.69 bits per heavy atom. The van der Waals surface area contributed by atoms with Crippen LogP contribution in [-0.4, -0.2) is 16.5 Å². The van der Waals surface area contributed by atoms with Gasteiger partial charge in [-0.05, 0) is 12.1 Å². The fourth-order valence-electron chi connectivity index (χ4n) is 1.46. The minimum atomic E-state index is -4.98. The Bertz CT molecular complexity index is 530. The van der Waals surface area contributed by atoms with Crippen LogP contribution >= 0.6 is 0 Å². The van der Waals surface area contributed by atoms with Gasteiger partial charge in [0.05, 0.1) is 17.4 Å². The van der Waals surface area contributed by atoms with Crippen LogP contribution in [-0.2, 0) is 6.54 Å². The molecule has 0 spiro atoms. The van der Waals surface area contributed by atoms with Gasteiger partial charge in [-0.25, -0.2) is 4.98 Å². The van der Waals surface area contributed by atoms with Crippen molar-refractivity contribution in [1.82, 2.24) is 9.55 Å². The van der Waals surface area contributed by atoms with Gasteiger partial charge >= 0.3 is 6.98 Å². The summed E-state index contributed by atoms with van der Waals surface area (Å²) in [6.07, 6.45) is 1.40. The first-order valence-electron chi connectivity index (χ1n) is 4.76. The summed E-state index contributed by atoms with van der Waals surface area (Å²) in [4.78, 5) is 4.02. The number of hydrogen-bond donors (Lipinski definition) is 0. The molecule has 2 nitrogen and oxygen atoms in total. The number of aromatic nitrogens is 2. The molecule has 1 aromatic heterocycles. The monoisotopic (exact) mass is 225 g/mol. The van der Waals surface area contributed by atoms with Crippen molar-refractivity contribution in [2.24, 2.45) is 0 Å². The molecule has 0 aliphatic carbocycles. The Labute approximate surface area is 90.5 Å². The smallest absolute Gasteiger partial charge is 0.445 e. The summed E-state index contributed by atoms with van der Waals surface area (Å²) in [7, 11) is 0. The number of hydrogen-bond acceptors (Lipinski definition) is 1. The molecule has 0 aliphatic heterocycles. The Balaban J connectivity index is 2.32. The Morgan fingerprint density at radius 2 is 2.00 bits per heavy atom. The van der Waals surface area contributed by atoms with Gasteiger partial charge in [-0.1, -0.05) is 12.1 Å². The van der Waals surface area contributed by atoms with Crippen LogP contribution in [0.1, 0.15) is 0 Å². The van der Waals surface area contributed by atoms with Crippen molar-refractivity contribution in [2.75, 3.05) is 0 Å². The number of imidazole rings is 1. The van der Waals surface area contributed by atoms with Gasteiger partial charge in [0, 0.05) is 6.54 Å². The molecule has 0 radical (unpaired) electrons. The van der Waals surface area contributed by atoms with E-state index in [1.807, 2.05) is 0 Å². The predicted octanol–water partition coefficient (Wildman–Crippen LogP) is 2.98. The fourth-order valence-corrected chi connectivity index (χ4v) is 1.46. The summed E-state index contributed by atoms with van der Waals surface area (Å²) in [5, 5.41) is 0. The van der Waals surface area contributed by atoms with E-state index in [4.69, 9.17) is 0 Å². The van der Waals surface area contributed by atoms with Crippen LogP contribution in [0, 0.1) is 0 Å². The van der Waals surface area contributed by atoms with Crippen LogP contribution in [0.15, 0.2) is 42.6 Å². The summed E-state index contributed by atoms with van der Waals surface area (Å²) in [5.41, 5.74) is 0.650. The molecule has 16 heavy (non-hydrogen) atoms. The van der Waals surface area contributed by atoms with Crippen LogP contribution in [0.3, 0.4) is 0 Å². The first kappa shape index (κ1) is 10.8. The summed E-state index contributed by atoms with van der Waals surface area (Å²) in [5.74, 6) is 0. The first-order valence-corrected chi connectivity index (χ1v) is 4.76. The Morgan fingerprint density at radius 1 is 1.31 bits per heavy atom. The average molecular weight is 225 g/mol. The third-order valence-corrected chi connectivity index (χ3v) is 2.36. The zero-order valence-corrected chi connectivity index (χ0v) is 8.41. The molecule has 0 bridgehead atoms. The normalized spacial score (nSPS) is 11.9. The topological polar surface area (TPSA) is 17.8 Å². The molecule has 0 N–H and O–H groups in total. The van der Waals surface area contributed by atoms with Gasteiger partial charge in [0.15, 0.2) is 0 Å². The van der Waals surface area contributed by atoms with E-state index >= 15 is 0 Å². The van der Waals surface area contributed by atoms with E-state index in [9.17, 15) is 12.9 Å². The second-order valence-corrected chi connectivity index (χ2v) is 3.59. The molecule has 0 amide bonds. The quantitative estimate of drug-likeness (QED) is 0.734. The zero-order valence-electron chi connectivity index (χ0n) is 8.41. The molecule has 2 rings (SSSR count). The minimum absolute atomic E-state index is 0.260. The maximum Gasteiger partial charge on any atom is 0.506 e. The van der Waals surface area contributed by atoms with Crippen molar-refractivity contribution in [2.45, 2.75) is 6.54 Å². The highest BCUT2D eigenvalue weighted by molar-refractivity contribution is 6.66. The highest BCUT2D eigenvalue weighted by Crippen LogP contribution is 2.21. The molecular formula is C10H9BF3N2-. The molecule has 0 atom stereocenters. The van der Waals surface area contributed by atoms with E-state index in [1.54, 1.807) is 24.3 Å². The molecule has 6 heteroatoms. The highest BCUT2D eigenvalue weighted by Gasteiger charge is 2.26. The molecule has 0 saturated heterocycles. The van der Waals surface area contributed by atoms with Gasteiger partial charge in [-0.15, -0.1) is 12.1 Å². The van der Waals surface area contributed by atoms with Gasteiger partial charge in [-0.3, -0.25) is 0 Å². The lowest BCUT2D eigenvalue weighted by Crippen LogP contribution is -2.22. The molecular weight excluding hydrogens is 216 g/mol. The van der Waals surface area contributed by atoms with Gasteiger partial charge in [0.1, 0.15) is 0 Å². The van der Waals surface area contributed by atoms with Crippen LogP contribution < -0.4 is 0 Å². The van der Waals surface area contributed by atoms with E-state index in [-0.39, 0.29) is 6.54 Å². The van der Waals surface area contributed by atoms with Gasteiger partial charge in [-0.2, -0.15) is 0 Å². The van der Waals surface area contributed by atoms with Crippen LogP contribution in [0.25, 0.3) is 11.0 Å². The maximum atomic E-state index is 12.4. The van der Waals surface area contributed by atoms with Crippen molar-refractivity contribution < 1.29 is 12.9 Å². The molecule has 0 fully saturated rings. The van der Waals surface area contributed by atoms with E-state index in [2.05, 4.69) is 11.6 Å². The van der Waals surface area contributed by atoms with Gasteiger partial charge in [0.25, 0.3) is 0 Å². The second-order valence-electron chi connectivity index (χ2n) is 3.59. The van der Waals surface area contributed by atoms with Crippen molar-refractivity contribution in [1.29, 1.82) is 0 Å². The third kappa shape index (κ3) is 1.96. The Hall–Kier alpha value is -1.72. The molecule has 1 heterocycles. The second kappa shape index (κ2) is 3.70. The standard InChI is InChI=1S/C10H9BF3N2/c1-8(11(12,13)14)6-16-7-15-9-4-2-3-5-10(9)16/h2-5,7H,1,6H2/q-1. The van der Waals surface area contributed by atoms with E-state index < -0.39 is 12.4 Å². The molecule has 1 aromatic carbocycles. The summed E-state index contributed by atoms with van der Waals surface area (Å²) < 4.78 is 38.6. The molecule has 0 aliphatic rings. The van der Waals surface area contributed by atoms with E-state index in [0.717, 1.165) is 0 Å². The third-order valence-electron chi connectivity index (χ3n) is 2.36. The van der Waals surface area contributed by atoms with Crippen LogP contribution in [0.4, 0.5) is 12.9 Å².